The summed E-state index contributed by atoms with van der Waals surface area (Å²) in [6, 6.07) is 0. The molecule has 0 heterocycles. The van der Waals surface area contributed by atoms with Crippen molar-refractivity contribution in [1.82, 2.24) is 0 Å². The molecule has 1 radical (unpaired) electrons. The average Bonchev–Trinajstić information content (AvgIpc) is 2.30. The zero-order chi connectivity index (χ0) is 8.86. The number of hydrogen-bond acceptors (Lipinski definition) is 0. The summed E-state index contributed by atoms with van der Waals surface area (Å²) in [5, 5.41) is 0. The van der Waals surface area contributed by atoms with Crippen LogP contribution in [0.4, 0.5) is 0 Å². The second-order valence-electron chi connectivity index (χ2n) is 5.90. The first-order valence-electron chi connectivity index (χ1n) is 4.59. The van der Waals surface area contributed by atoms with E-state index in [0.717, 1.165) is 5.92 Å². The van der Waals surface area contributed by atoms with Gasteiger partial charge in [-0.15, -0.1) is 0 Å². The van der Waals surface area contributed by atoms with Crippen LogP contribution in [-0.4, -0.2) is 0 Å². The van der Waals surface area contributed by atoms with Gasteiger partial charge in [0.25, 0.3) is 0 Å². The highest BCUT2D eigenvalue weighted by Gasteiger charge is 2.50. The van der Waals surface area contributed by atoms with Gasteiger partial charge in [-0.2, -0.15) is 0 Å². The van der Waals surface area contributed by atoms with E-state index in [1.807, 2.05) is 0 Å². The predicted octanol–water partition coefficient (Wildman–Crippen LogP) is 3.67. The van der Waals surface area contributed by atoms with Gasteiger partial charge < -0.3 is 0 Å². The van der Waals surface area contributed by atoms with Crippen LogP contribution in [0.5, 0.6) is 0 Å². The maximum Gasteiger partial charge on any atom is -0.0148 e. The second-order valence-corrected chi connectivity index (χ2v) is 5.90. The van der Waals surface area contributed by atoms with E-state index in [2.05, 4.69) is 41.5 Å². The Labute approximate surface area is 71.4 Å². The Morgan fingerprint density at radius 3 is 1.55 bits per heavy atom. The zero-order valence-electron chi connectivity index (χ0n) is 8.78. The Morgan fingerprint density at radius 2 is 1.45 bits per heavy atom. The molecule has 1 atom stereocenters. The van der Waals surface area contributed by atoms with Gasteiger partial charge >= 0.3 is 0 Å². The molecule has 0 aromatic carbocycles. The minimum absolute atomic E-state index is 0.456. The predicted molar refractivity (Wildman–Crippen MR) is 50.3 cm³/mol. The molecule has 1 fully saturated rings. The van der Waals surface area contributed by atoms with E-state index < -0.39 is 0 Å². The van der Waals surface area contributed by atoms with Crippen LogP contribution >= 0.6 is 0 Å². The molecule has 0 aliphatic heterocycles. The lowest BCUT2D eigenvalue weighted by molar-refractivity contribution is 0.329. The van der Waals surface area contributed by atoms with Crippen molar-refractivity contribution in [3.8, 4) is 0 Å². The molecule has 1 unspecified atom stereocenters. The van der Waals surface area contributed by atoms with Crippen LogP contribution in [0.25, 0.3) is 0 Å². The maximum absolute atomic E-state index is 2.34. The summed E-state index contributed by atoms with van der Waals surface area (Å²) in [5.74, 6) is 2.66. The minimum atomic E-state index is 0.456. The molecule has 0 N–H and O–H groups in total. The fraction of sp³-hybridized carbons (Fsp3) is 0.909. The van der Waals surface area contributed by atoms with Gasteiger partial charge in [-0.3, -0.25) is 0 Å². The summed E-state index contributed by atoms with van der Waals surface area (Å²) in [6.07, 6.45) is 1.37. The Balaban J connectivity index is 2.51. The van der Waals surface area contributed by atoms with Gasteiger partial charge in [0, 0.05) is 0 Å². The normalized spacial score (nSPS) is 27.3. The van der Waals surface area contributed by atoms with E-state index in [-0.39, 0.29) is 0 Å². The monoisotopic (exact) mass is 153 g/mol. The molecule has 0 amide bonds. The van der Waals surface area contributed by atoms with Gasteiger partial charge in [0.15, 0.2) is 0 Å². The van der Waals surface area contributed by atoms with Crippen molar-refractivity contribution in [2.24, 2.45) is 16.7 Å². The smallest absolute Gasteiger partial charge is 0.0148 e. The van der Waals surface area contributed by atoms with E-state index in [0.29, 0.717) is 10.8 Å². The molecule has 0 nitrogen and oxygen atoms in total. The maximum atomic E-state index is 2.34. The third-order valence-electron chi connectivity index (χ3n) is 2.69. The Morgan fingerprint density at radius 1 is 1.00 bits per heavy atom. The van der Waals surface area contributed by atoms with Crippen molar-refractivity contribution < 1.29 is 0 Å². The number of rotatable bonds is 0. The van der Waals surface area contributed by atoms with Crippen LogP contribution in [0.1, 0.15) is 48.0 Å². The molecule has 1 aliphatic rings. The number of hydrogen-bond donors (Lipinski definition) is 0. The summed E-state index contributed by atoms with van der Waals surface area (Å²) < 4.78 is 0. The van der Waals surface area contributed by atoms with Gasteiger partial charge in [0.1, 0.15) is 0 Å². The average molecular weight is 153 g/mol. The van der Waals surface area contributed by atoms with Crippen LogP contribution in [0.3, 0.4) is 0 Å². The zero-order valence-corrected chi connectivity index (χ0v) is 8.78. The van der Waals surface area contributed by atoms with Crippen LogP contribution in [0.15, 0.2) is 0 Å². The molecule has 0 saturated heterocycles. The fourth-order valence-electron chi connectivity index (χ4n) is 1.82. The van der Waals surface area contributed by atoms with Crippen molar-refractivity contribution in [2.75, 3.05) is 0 Å². The SMILES string of the molecule is CC(C)(C)[C]1CC1C(C)(C)C. The minimum Gasteiger partial charge on any atom is -0.0599 e. The van der Waals surface area contributed by atoms with Crippen LogP contribution in [-0.2, 0) is 0 Å². The van der Waals surface area contributed by atoms with Crippen molar-refractivity contribution in [3.63, 3.8) is 0 Å². The molecule has 1 saturated carbocycles. The molecular weight excluding hydrogens is 132 g/mol. The highest BCUT2D eigenvalue weighted by Crippen LogP contribution is 2.60. The third-order valence-corrected chi connectivity index (χ3v) is 2.69. The largest absolute Gasteiger partial charge is 0.0599 e. The highest BCUT2D eigenvalue weighted by molar-refractivity contribution is 5.23. The molecular formula is C11H21. The van der Waals surface area contributed by atoms with Crippen molar-refractivity contribution in [2.45, 2.75) is 48.0 Å². The molecule has 1 aliphatic carbocycles. The molecule has 0 spiro atoms. The lowest BCUT2D eigenvalue weighted by Crippen LogP contribution is -2.15. The quantitative estimate of drug-likeness (QED) is 0.498. The lowest BCUT2D eigenvalue weighted by atomic mass is 9.81. The van der Waals surface area contributed by atoms with Gasteiger partial charge in [0.05, 0.1) is 0 Å². The summed E-state index contributed by atoms with van der Waals surface area (Å²) >= 11 is 0. The highest BCUT2D eigenvalue weighted by atomic mass is 14.5. The Hall–Kier alpha value is 0. The van der Waals surface area contributed by atoms with Gasteiger partial charge in [0.2, 0.25) is 0 Å². The van der Waals surface area contributed by atoms with Crippen LogP contribution in [0, 0.1) is 22.7 Å². The third kappa shape index (κ3) is 1.98. The standard InChI is InChI=1S/C11H21/c1-10(2,3)8-7-9(8)11(4,5)6/h8H,7H2,1-6H3. The molecule has 11 heavy (non-hydrogen) atoms. The van der Waals surface area contributed by atoms with E-state index >= 15 is 0 Å². The first-order valence-corrected chi connectivity index (χ1v) is 4.59. The molecule has 0 bridgehead atoms. The van der Waals surface area contributed by atoms with Crippen LogP contribution in [0.2, 0.25) is 0 Å². The summed E-state index contributed by atoms with van der Waals surface area (Å²) in [5.41, 5.74) is 0.959. The Bertz CT molecular complexity index is 124. The van der Waals surface area contributed by atoms with E-state index in [9.17, 15) is 0 Å². The van der Waals surface area contributed by atoms with Gasteiger partial charge in [-0.1, -0.05) is 41.5 Å². The fourth-order valence-corrected chi connectivity index (χ4v) is 1.82. The van der Waals surface area contributed by atoms with E-state index in [1.165, 1.54) is 6.42 Å². The molecule has 0 aromatic heterocycles. The van der Waals surface area contributed by atoms with Crippen molar-refractivity contribution in [1.29, 1.82) is 0 Å². The van der Waals surface area contributed by atoms with Crippen molar-refractivity contribution in [3.05, 3.63) is 5.92 Å². The van der Waals surface area contributed by atoms with Gasteiger partial charge in [-0.25, -0.2) is 0 Å². The van der Waals surface area contributed by atoms with E-state index in [1.54, 1.807) is 5.92 Å². The Kier molecular flexibility index (Phi) is 1.85. The summed E-state index contributed by atoms with van der Waals surface area (Å²) in [4.78, 5) is 0. The lowest BCUT2D eigenvalue weighted by Gasteiger charge is -2.23. The molecule has 1 rings (SSSR count). The first-order chi connectivity index (χ1) is 4.73. The second kappa shape index (κ2) is 2.24. The van der Waals surface area contributed by atoms with Crippen LogP contribution < -0.4 is 0 Å². The molecule has 65 valence electrons. The van der Waals surface area contributed by atoms with Crippen molar-refractivity contribution >= 4 is 0 Å². The first kappa shape index (κ1) is 9.09. The summed E-state index contributed by atoms with van der Waals surface area (Å²) in [6.45, 7) is 14.0. The summed E-state index contributed by atoms with van der Waals surface area (Å²) in [7, 11) is 0. The topological polar surface area (TPSA) is 0 Å². The van der Waals surface area contributed by atoms with E-state index in [4.69, 9.17) is 0 Å². The molecule has 0 aromatic rings. The van der Waals surface area contributed by atoms with Gasteiger partial charge in [-0.05, 0) is 29.1 Å². The molecule has 0 heteroatoms.